The van der Waals surface area contributed by atoms with Crippen LogP contribution < -0.4 is 5.32 Å². The Bertz CT molecular complexity index is 514. The summed E-state index contributed by atoms with van der Waals surface area (Å²) in [6, 6.07) is 4.44. The predicted octanol–water partition coefficient (Wildman–Crippen LogP) is 3.43. The van der Waals surface area contributed by atoms with E-state index >= 15 is 0 Å². The van der Waals surface area contributed by atoms with E-state index in [0.29, 0.717) is 15.2 Å². The molecule has 0 radical (unpaired) electrons. The summed E-state index contributed by atoms with van der Waals surface area (Å²) >= 11 is 18.4. The Morgan fingerprint density at radius 2 is 1.70 bits per heavy atom. The molecule has 0 aliphatic heterocycles. The van der Waals surface area contributed by atoms with Crippen LogP contribution in [0, 0.1) is 20.8 Å². The number of benzene rings is 1. The van der Waals surface area contributed by atoms with E-state index in [-0.39, 0.29) is 0 Å². The van der Waals surface area contributed by atoms with Gasteiger partial charge in [0.2, 0.25) is 0 Å². The maximum absolute atomic E-state index is 5.21. The summed E-state index contributed by atoms with van der Waals surface area (Å²) < 4.78 is 1.09. The van der Waals surface area contributed by atoms with E-state index in [4.69, 9.17) is 24.4 Å². The zero-order valence-corrected chi connectivity index (χ0v) is 15.4. The molecule has 2 nitrogen and oxygen atoms in total. The highest BCUT2D eigenvalue weighted by atomic mass is 32.1. The van der Waals surface area contributed by atoms with Gasteiger partial charge in [0.1, 0.15) is 8.64 Å². The van der Waals surface area contributed by atoms with Gasteiger partial charge in [-0.1, -0.05) is 36.6 Å². The fourth-order valence-electron chi connectivity index (χ4n) is 1.94. The monoisotopic (exact) mass is 344 g/mol. The van der Waals surface area contributed by atoms with Gasteiger partial charge >= 0.3 is 0 Å². The number of rotatable bonds is 5. The van der Waals surface area contributed by atoms with Crippen LogP contribution in [-0.2, 0) is 6.54 Å². The topological polar surface area (TPSA) is 15.3 Å². The highest BCUT2D eigenvalue weighted by molar-refractivity contribution is 8.11. The summed E-state index contributed by atoms with van der Waals surface area (Å²) in [4.78, 5) is 2.05. The molecule has 20 heavy (non-hydrogen) atoms. The van der Waals surface area contributed by atoms with E-state index in [2.05, 4.69) is 68.4 Å². The van der Waals surface area contributed by atoms with Crippen LogP contribution in [0.2, 0.25) is 0 Å². The molecule has 0 amide bonds. The first kappa shape index (κ1) is 17.8. The Kier molecular flexibility index (Phi) is 7.29. The van der Waals surface area contributed by atoms with E-state index in [0.717, 1.165) is 13.1 Å². The standard InChI is InChI=1S/C14H20N2S4/c1-9-6-11(3)12(7-10(9)2)8-16(14(19)20)5-4-15-13(17)18/h6-7H,4-5,8H2,1-3H3,(H,19,20)(H2,15,17,18). The molecule has 1 aromatic rings. The van der Waals surface area contributed by atoms with Crippen LogP contribution in [0.5, 0.6) is 0 Å². The van der Waals surface area contributed by atoms with Gasteiger partial charge in [0, 0.05) is 19.6 Å². The van der Waals surface area contributed by atoms with Crippen molar-refractivity contribution in [3.05, 3.63) is 34.4 Å². The molecule has 0 saturated carbocycles. The van der Waals surface area contributed by atoms with Gasteiger partial charge in [-0.05, 0) is 43.0 Å². The summed E-state index contributed by atoms with van der Waals surface area (Å²) in [7, 11) is 0. The number of thiocarbonyl (C=S) groups is 2. The van der Waals surface area contributed by atoms with Gasteiger partial charge in [0.15, 0.2) is 0 Å². The zero-order valence-electron chi connectivity index (χ0n) is 11.9. The summed E-state index contributed by atoms with van der Waals surface area (Å²) in [5, 5.41) is 3.01. The van der Waals surface area contributed by atoms with Gasteiger partial charge in [-0.25, -0.2) is 0 Å². The zero-order chi connectivity index (χ0) is 15.3. The average Bonchev–Trinajstić information content (AvgIpc) is 2.33. The highest BCUT2D eigenvalue weighted by Gasteiger charge is 2.10. The molecule has 0 unspecified atom stereocenters. The van der Waals surface area contributed by atoms with Crippen molar-refractivity contribution in [2.45, 2.75) is 27.3 Å². The molecule has 110 valence electrons. The van der Waals surface area contributed by atoms with Crippen LogP contribution in [0.4, 0.5) is 0 Å². The molecule has 0 spiro atoms. The van der Waals surface area contributed by atoms with Crippen molar-refractivity contribution in [2.75, 3.05) is 13.1 Å². The molecule has 0 aliphatic carbocycles. The van der Waals surface area contributed by atoms with Crippen LogP contribution in [0.25, 0.3) is 0 Å². The van der Waals surface area contributed by atoms with E-state index in [1.165, 1.54) is 22.3 Å². The molecule has 1 N–H and O–H groups in total. The molecule has 0 aliphatic rings. The lowest BCUT2D eigenvalue weighted by Gasteiger charge is -2.24. The smallest absolute Gasteiger partial charge is 0.133 e. The molecule has 1 aromatic carbocycles. The summed E-state index contributed by atoms with van der Waals surface area (Å²) in [5.41, 5.74) is 5.16. The second-order valence-corrected chi connectivity index (χ2v) is 7.07. The number of nitrogens with one attached hydrogen (secondary N) is 1. The van der Waals surface area contributed by atoms with Crippen molar-refractivity contribution in [3.63, 3.8) is 0 Å². The third-order valence-corrected chi connectivity index (χ3v) is 4.09. The minimum absolute atomic E-state index is 0.498. The lowest BCUT2D eigenvalue weighted by atomic mass is 10.0. The lowest BCUT2D eigenvalue weighted by molar-refractivity contribution is 0.430. The van der Waals surface area contributed by atoms with Crippen molar-refractivity contribution in [2.24, 2.45) is 0 Å². The molecular formula is C14H20N2S4. The van der Waals surface area contributed by atoms with E-state index in [1.807, 2.05) is 0 Å². The molecular weight excluding hydrogens is 324 g/mol. The van der Waals surface area contributed by atoms with Crippen molar-refractivity contribution >= 4 is 58.3 Å². The number of thiol groups is 2. The highest BCUT2D eigenvalue weighted by Crippen LogP contribution is 2.17. The average molecular weight is 345 g/mol. The van der Waals surface area contributed by atoms with Crippen molar-refractivity contribution in [1.29, 1.82) is 0 Å². The van der Waals surface area contributed by atoms with Crippen LogP contribution in [0.1, 0.15) is 22.3 Å². The molecule has 1 rings (SSSR count). The fraction of sp³-hybridized carbons (Fsp3) is 0.429. The van der Waals surface area contributed by atoms with E-state index in [9.17, 15) is 0 Å². The first-order valence-electron chi connectivity index (χ1n) is 6.32. The van der Waals surface area contributed by atoms with E-state index < -0.39 is 0 Å². The van der Waals surface area contributed by atoms with Crippen LogP contribution in [0.15, 0.2) is 12.1 Å². The van der Waals surface area contributed by atoms with Gasteiger partial charge < -0.3 is 10.2 Å². The first-order valence-corrected chi connectivity index (χ1v) is 8.03. The Morgan fingerprint density at radius 3 is 2.25 bits per heavy atom. The molecule has 0 saturated heterocycles. The number of hydrogen-bond donors (Lipinski definition) is 3. The maximum atomic E-state index is 5.21. The quantitative estimate of drug-likeness (QED) is 0.560. The molecule has 0 fully saturated rings. The number of nitrogens with zero attached hydrogens (tertiary/aromatic N) is 1. The first-order chi connectivity index (χ1) is 9.31. The Hall–Kier alpha value is -0.300. The Balaban J connectivity index is 2.78. The van der Waals surface area contributed by atoms with E-state index in [1.54, 1.807) is 0 Å². The van der Waals surface area contributed by atoms with Crippen molar-refractivity contribution in [1.82, 2.24) is 10.2 Å². The normalized spacial score (nSPS) is 10.2. The SMILES string of the molecule is Cc1cc(C)c(CN(CCNC(=S)S)C(=S)S)cc1C. The van der Waals surface area contributed by atoms with Gasteiger partial charge in [-0.2, -0.15) is 0 Å². The van der Waals surface area contributed by atoms with Crippen molar-refractivity contribution < 1.29 is 0 Å². The predicted molar refractivity (Wildman–Crippen MR) is 102 cm³/mol. The number of aryl methyl sites for hydroxylation is 3. The molecule has 0 aromatic heterocycles. The van der Waals surface area contributed by atoms with Gasteiger partial charge in [0.05, 0.1) is 0 Å². The molecule has 0 bridgehead atoms. The minimum atomic E-state index is 0.498. The van der Waals surface area contributed by atoms with Gasteiger partial charge in [0.25, 0.3) is 0 Å². The summed E-state index contributed by atoms with van der Waals surface area (Å²) in [5.74, 6) is 0. The summed E-state index contributed by atoms with van der Waals surface area (Å²) in [6.45, 7) is 8.59. The van der Waals surface area contributed by atoms with Crippen LogP contribution in [0.3, 0.4) is 0 Å². The molecule has 6 heteroatoms. The summed E-state index contributed by atoms with van der Waals surface area (Å²) in [6.07, 6.45) is 0. The molecule has 0 heterocycles. The van der Waals surface area contributed by atoms with Crippen LogP contribution >= 0.6 is 49.7 Å². The lowest BCUT2D eigenvalue weighted by Crippen LogP contribution is -2.34. The Morgan fingerprint density at radius 1 is 1.10 bits per heavy atom. The number of hydrogen-bond acceptors (Lipinski definition) is 2. The van der Waals surface area contributed by atoms with Crippen LogP contribution in [-0.4, -0.2) is 26.6 Å². The maximum Gasteiger partial charge on any atom is 0.133 e. The Labute approximate surface area is 143 Å². The largest absolute Gasteiger partial charge is 0.369 e. The fourth-order valence-corrected chi connectivity index (χ4v) is 2.48. The second-order valence-electron chi connectivity index (χ2n) is 4.80. The third kappa shape index (κ3) is 5.60. The van der Waals surface area contributed by atoms with Gasteiger partial charge in [-0.15, -0.1) is 25.3 Å². The van der Waals surface area contributed by atoms with Gasteiger partial charge in [-0.3, -0.25) is 0 Å². The third-order valence-electron chi connectivity index (χ3n) is 3.24. The minimum Gasteiger partial charge on any atom is -0.369 e. The van der Waals surface area contributed by atoms with Crippen molar-refractivity contribution in [3.8, 4) is 0 Å². The molecule has 0 atom stereocenters. The second kappa shape index (κ2) is 8.22.